The lowest BCUT2D eigenvalue weighted by molar-refractivity contribution is -0.141. The molecule has 2 aromatic heterocycles. The van der Waals surface area contributed by atoms with Crippen molar-refractivity contribution in [3.63, 3.8) is 0 Å². The largest absolute Gasteiger partial charge is 0.468 e. The Morgan fingerprint density at radius 3 is 2.55 bits per heavy atom. The summed E-state index contributed by atoms with van der Waals surface area (Å²) in [6.07, 6.45) is 2.36. The fraction of sp³-hybridized carbons (Fsp3) is 0.200. The second-order valence-electron chi connectivity index (χ2n) is 7.52. The van der Waals surface area contributed by atoms with Crippen LogP contribution in [0.3, 0.4) is 0 Å². The summed E-state index contributed by atoms with van der Waals surface area (Å²) in [5.41, 5.74) is 4.22. The highest BCUT2D eigenvalue weighted by atomic mass is 19.1. The van der Waals surface area contributed by atoms with Crippen molar-refractivity contribution in [2.24, 2.45) is 0 Å². The molecule has 0 amide bonds. The van der Waals surface area contributed by atoms with E-state index in [1.165, 1.54) is 23.8 Å². The van der Waals surface area contributed by atoms with E-state index in [1.807, 2.05) is 35.8 Å². The van der Waals surface area contributed by atoms with Gasteiger partial charge in [0.25, 0.3) is 5.56 Å². The van der Waals surface area contributed by atoms with Crippen LogP contribution in [0.1, 0.15) is 22.4 Å². The Kier molecular flexibility index (Phi) is 5.71. The molecule has 4 rings (SSSR count). The molecule has 0 saturated carbocycles. The summed E-state index contributed by atoms with van der Waals surface area (Å²) in [7, 11) is 1.38. The van der Waals surface area contributed by atoms with Crippen LogP contribution in [-0.4, -0.2) is 22.2 Å². The number of pyridine rings is 1. The Hall–Kier alpha value is -3.67. The van der Waals surface area contributed by atoms with Crippen molar-refractivity contribution < 1.29 is 13.9 Å². The maximum Gasteiger partial charge on any atom is 0.325 e. The number of methoxy groups -OCH3 is 1. The molecule has 0 aliphatic carbocycles. The second kappa shape index (κ2) is 8.60. The Balaban J connectivity index is 1.71. The number of hydrogen-bond donors (Lipinski definition) is 0. The van der Waals surface area contributed by atoms with Crippen molar-refractivity contribution in [2.45, 2.75) is 26.4 Å². The lowest BCUT2D eigenvalue weighted by Gasteiger charge is -2.10. The summed E-state index contributed by atoms with van der Waals surface area (Å²) in [6.45, 7) is 2.28. The predicted octanol–water partition coefficient (Wildman–Crippen LogP) is 4.06. The molecule has 0 bridgehead atoms. The van der Waals surface area contributed by atoms with Gasteiger partial charge in [-0.25, -0.2) is 4.39 Å². The Morgan fingerprint density at radius 1 is 1.03 bits per heavy atom. The van der Waals surface area contributed by atoms with E-state index >= 15 is 0 Å². The van der Waals surface area contributed by atoms with Crippen LogP contribution in [0, 0.1) is 12.7 Å². The molecule has 0 saturated heterocycles. The van der Waals surface area contributed by atoms with Crippen LogP contribution in [0.2, 0.25) is 0 Å². The van der Waals surface area contributed by atoms with Crippen LogP contribution >= 0.6 is 0 Å². The molecular formula is C25H23FN2O3. The number of carbonyl (C=O) groups is 1. The monoisotopic (exact) mass is 418 g/mol. The van der Waals surface area contributed by atoms with Crippen LogP contribution in [0.15, 0.2) is 71.7 Å². The van der Waals surface area contributed by atoms with Gasteiger partial charge in [-0.05, 0) is 30.2 Å². The highest BCUT2D eigenvalue weighted by Crippen LogP contribution is 2.28. The fourth-order valence-electron chi connectivity index (χ4n) is 3.95. The molecule has 0 aliphatic heterocycles. The fourth-order valence-corrected chi connectivity index (χ4v) is 3.95. The van der Waals surface area contributed by atoms with E-state index in [2.05, 4.69) is 0 Å². The maximum absolute atomic E-state index is 14.1. The van der Waals surface area contributed by atoms with Gasteiger partial charge in [-0.1, -0.05) is 42.5 Å². The number of nitrogens with zero attached hydrogens (tertiary/aromatic N) is 2. The molecule has 31 heavy (non-hydrogen) atoms. The zero-order valence-electron chi connectivity index (χ0n) is 17.5. The Bertz CT molecular complexity index is 1320. The Labute approximate surface area is 179 Å². The van der Waals surface area contributed by atoms with Gasteiger partial charge in [0.2, 0.25) is 0 Å². The summed E-state index contributed by atoms with van der Waals surface area (Å²) in [5.74, 6) is -0.643. The maximum atomic E-state index is 14.1. The van der Waals surface area contributed by atoms with E-state index in [1.54, 1.807) is 30.5 Å². The van der Waals surface area contributed by atoms with Crippen LogP contribution in [0.5, 0.6) is 0 Å². The lowest BCUT2D eigenvalue weighted by atomic mass is 10.0. The first-order valence-electron chi connectivity index (χ1n) is 10.0. The molecule has 6 heteroatoms. The van der Waals surface area contributed by atoms with Crippen molar-refractivity contribution >= 4 is 16.9 Å². The number of fused-ring (bicyclic) bond motifs is 1. The van der Waals surface area contributed by atoms with Gasteiger partial charge in [0.1, 0.15) is 12.4 Å². The number of carbonyl (C=O) groups excluding carboxylic acids is 1. The van der Waals surface area contributed by atoms with E-state index in [4.69, 9.17) is 4.74 Å². The van der Waals surface area contributed by atoms with Crippen molar-refractivity contribution in [3.8, 4) is 0 Å². The number of halogens is 1. The molecule has 4 aromatic rings. The Morgan fingerprint density at radius 2 is 1.77 bits per heavy atom. The number of rotatable bonds is 6. The third-order valence-corrected chi connectivity index (χ3v) is 5.60. The summed E-state index contributed by atoms with van der Waals surface area (Å²) in [4.78, 5) is 24.3. The van der Waals surface area contributed by atoms with Crippen LogP contribution in [-0.2, 0) is 29.0 Å². The average Bonchev–Trinajstić information content (AvgIpc) is 3.03. The predicted molar refractivity (Wildman–Crippen MR) is 118 cm³/mol. The molecule has 0 atom stereocenters. The lowest BCUT2D eigenvalue weighted by Crippen LogP contribution is -2.20. The summed E-state index contributed by atoms with van der Waals surface area (Å²) < 4.78 is 22.4. The minimum absolute atomic E-state index is 0.135. The molecule has 2 heterocycles. The van der Waals surface area contributed by atoms with Gasteiger partial charge in [-0.3, -0.25) is 9.59 Å². The quantitative estimate of drug-likeness (QED) is 0.444. The van der Waals surface area contributed by atoms with E-state index < -0.39 is 0 Å². The number of aromatic nitrogens is 2. The summed E-state index contributed by atoms with van der Waals surface area (Å²) in [6, 6.07) is 17.7. The van der Waals surface area contributed by atoms with Crippen LogP contribution < -0.4 is 5.56 Å². The standard InChI is InChI=1S/C25H23FN2O3/c1-17-21(20-8-4-6-10-23(20)28(17)16-25(30)31-2)13-18-11-12-24(29)27(14-18)15-19-7-3-5-9-22(19)26/h3-12,14H,13,15-16H2,1-2H3. The molecular weight excluding hydrogens is 395 g/mol. The van der Waals surface area contributed by atoms with Gasteiger partial charge in [-0.2, -0.15) is 0 Å². The number of para-hydroxylation sites is 1. The first-order valence-corrected chi connectivity index (χ1v) is 10.0. The van der Waals surface area contributed by atoms with Crippen molar-refractivity contribution in [1.29, 1.82) is 0 Å². The zero-order valence-corrected chi connectivity index (χ0v) is 17.5. The molecule has 158 valence electrons. The first kappa shape index (κ1) is 20.6. The molecule has 0 unspecified atom stereocenters. The summed E-state index contributed by atoms with van der Waals surface area (Å²) in [5, 5.41) is 1.05. The van der Waals surface area contributed by atoms with Crippen molar-refractivity contribution in [3.05, 3.63) is 105 Å². The number of esters is 1. The van der Waals surface area contributed by atoms with Gasteiger partial charge in [-0.15, -0.1) is 0 Å². The van der Waals surface area contributed by atoms with Gasteiger partial charge >= 0.3 is 5.97 Å². The zero-order chi connectivity index (χ0) is 22.0. The van der Waals surface area contributed by atoms with Gasteiger partial charge in [0.05, 0.1) is 13.7 Å². The molecule has 0 spiro atoms. The van der Waals surface area contributed by atoms with Gasteiger partial charge < -0.3 is 13.9 Å². The molecule has 0 fully saturated rings. The first-order chi connectivity index (χ1) is 15.0. The average molecular weight is 418 g/mol. The number of hydrogen-bond acceptors (Lipinski definition) is 3. The van der Waals surface area contributed by atoms with E-state index in [0.29, 0.717) is 12.0 Å². The topological polar surface area (TPSA) is 53.2 Å². The van der Waals surface area contributed by atoms with Crippen LogP contribution in [0.25, 0.3) is 10.9 Å². The highest BCUT2D eigenvalue weighted by Gasteiger charge is 2.17. The second-order valence-corrected chi connectivity index (χ2v) is 7.52. The SMILES string of the molecule is COC(=O)Cn1c(C)c(Cc2ccc(=O)n(Cc3ccccc3F)c2)c2ccccc21. The normalized spacial score (nSPS) is 11.1. The van der Waals surface area contributed by atoms with E-state index in [-0.39, 0.29) is 30.4 Å². The van der Waals surface area contributed by atoms with E-state index in [9.17, 15) is 14.0 Å². The molecule has 0 aliphatic rings. The van der Waals surface area contributed by atoms with Crippen LogP contribution in [0.4, 0.5) is 4.39 Å². The van der Waals surface area contributed by atoms with Gasteiger partial charge in [0, 0.05) is 40.8 Å². The highest BCUT2D eigenvalue weighted by molar-refractivity contribution is 5.87. The van der Waals surface area contributed by atoms with E-state index in [0.717, 1.165) is 27.7 Å². The third kappa shape index (κ3) is 4.14. The summed E-state index contributed by atoms with van der Waals surface area (Å²) >= 11 is 0. The minimum atomic E-state index is -0.332. The number of ether oxygens (including phenoxy) is 1. The molecule has 0 radical (unpaired) electrons. The minimum Gasteiger partial charge on any atom is -0.468 e. The van der Waals surface area contributed by atoms with Crippen molar-refractivity contribution in [1.82, 2.24) is 9.13 Å². The molecule has 0 N–H and O–H groups in total. The molecule has 2 aromatic carbocycles. The van der Waals surface area contributed by atoms with Crippen molar-refractivity contribution in [2.75, 3.05) is 7.11 Å². The number of benzene rings is 2. The third-order valence-electron chi connectivity index (χ3n) is 5.60. The smallest absolute Gasteiger partial charge is 0.325 e. The van der Waals surface area contributed by atoms with Gasteiger partial charge in [0.15, 0.2) is 0 Å². The molecule has 5 nitrogen and oxygen atoms in total.